The van der Waals surface area contributed by atoms with Crippen LogP contribution in [0.5, 0.6) is 0 Å². The van der Waals surface area contributed by atoms with E-state index in [1.165, 1.54) is 23.1 Å². The highest BCUT2D eigenvalue weighted by Crippen LogP contribution is 2.42. The molecule has 8 nitrogen and oxygen atoms in total. The topological polar surface area (TPSA) is 77.3 Å². The molecule has 3 amide bonds. The molecule has 0 spiro atoms. The van der Waals surface area contributed by atoms with E-state index in [0.29, 0.717) is 47.3 Å². The summed E-state index contributed by atoms with van der Waals surface area (Å²) in [6.07, 6.45) is 0.884. The number of anilines is 2. The number of rotatable bonds is 6. The van der Waals surface area contributed by atoms with Crippen molar-refractivity contribution in [3.8, 4) is 0 Å². The highest BCUT2D eigenvalue weighted by molar-refractivity contribution is 6.27. The first-order chi connectivity index (χ1) is 21.8. The van der Waals surface area contributed by atoms with Gasteiger partial charge in [-0.1, -0.05) is 36.4 Å². The number of nitrogens with zero attached hydrogens (tertiary/aromatic N) is 4. The number of benzene rings is 4. The highest BCUT2D eigenvalue weighted by atomic mass is 19.1. The number of carbonyl (C=O) groups is 3. The molecule has 2 fully saturated rings. The maximum absolute atomic E-state index is 14.8. The minimum absolute atomic E-state index is 0.137. The summed E-state index contributed by atoms with van der Waals surface area (Å²) < 4.78 is 29.3. The zero-order chi connectivity index (χ0) is 31.2. The third kappa shape index (κ3) is 5.29. The third-order valence-corrected chi connectivity index (χ3v) is 8.98. The lowest BCUT2D eigenvalue weighted by molar-refractivity contribution is -0.134. The molecular weight excluding hydrogens is 576 g/mol. The lowest BCUT2D eigenvalue weighted by Crippen LogP contribution is -2.53. The van der Waals surface area contributed by atoms with Crippen molar-refractivity contribution in [2.45, 2.75) is 31.8 Å². The summed E-state index contributed by atoms with van der Waals surface area (Å²) in [6.45, 7) is 10.8. The molecule has 0 aromatic heterocycles. The van der Waals surface area contributed by atoms with Crippen molar-refractivity contribution < 1.29 is 23.2 Å². The zero-order valence-corrected chi connectivity index (χ0v) is 24.4. The van der Waals surface area contributed by atoms with Gasteiger partial charge in [0.05, 0.1) is 23.5 Å². The minimum atomic E-state index is -0.826. The Kier molecular flexibility index (Phi) is 7.26. The summed E-state index contributed by atoms with van der Waals surface area (Å²) in [4.78, 5) is 46.8. The summed E-state index contributed by atoms with van der Waals surface area (Å²) in [5.74, 6) is -2.21. The van der Waals surface area contributed by atoms with Crippen molar-refractivity contribution in [3.05, 3.63) is 112 Å². The molecule has 3 aliphatic rings. The van der Waals surface area contributed by atoms with Crippen LogP contribution in [0.25, 0.3) is 15.6 Å². The quantitative estimate of drug-likeness (QED) is 0.237. The first-order valence-corrected chi connectivity index (χ1v) is 14.9. The molecule has 45 heavy (non-hydrogen) atoms. The van der Waals surface area contributed by atoms with Crippen LogP contribution in [0.15, 0.2) is 66.7 Å². The van der Waals surface area contributed by atoms with Gasteiger partial charge in [-0.25, -0.2) is 13.6 Å². The van der Waals surface area contributed by atoms with Gasteiger partial charge in [0.15, 0.2) is 5.69 Å². The smallest absolute Gasteiger partial charge is 0.259 e. The lowest BCUT2D eigenvalue weighted by atomic mass is 9.95. The van der Waals surface area contributed by atoms with Crippen LogP contribution in [0.1, 0.15) is 39.9 Å². The van der Waals surface area contributed by atoms with Gasteiger partial charge in [0, 0.05) is 44.5 Å². The average molecular weight is 606 g/mol. The lowest BCUT2D eigenvalue weighted by Gasteiger charge is -2.36. The van der Waals surface area contributed by atoms with Crippen molar-refractivity contribution in [2.24, 2.45) is 0 Å². The molecule has 3 heterocycles. The number of amides is 3. The molecule has 1 atom stereocenters. The van der Waals surface area contributed by atoms with E-state index in [-0.39, 0.29) is 30.1 Å². The standard InChI is InChI=1S/C35H29F2N5O3/c1-38-25-7-9-29(28(37)19-25)41-14-12-40(13-15-41)20-22-4-2-21(3-5-22)16-23-6-8-30-33-26(23)17-24(36)18-27(33)35(45)42(30)31-10-11-32(43)39-34(31)44/h2-9,17-19,31H,10-16,20H2,(H,39,43,44)/t31-/m0/s1. The molecule has 4 aromatic rings. The molecule has 0 bridgehead atoms. The van der Waals surface area contributed by atoms with Gasteiger partial charge < -0.3 is 4.90 Å². The fourth-order valence-electron chi connectivity index (χ4n) is 6.70. The van der Waals surface area contributed by atoms with Crippen LogP contribution < -0.4 is 15.1 Å². The van der Waals surface area contributed by atoms with E-state index >= 15 is 0 Å². The van der Waals surface area contributed by atoms with Crippen LogP contribution in [0.3, 0.4) is 0 Å². The van der Waals surface area contributed by atoms with E-state index in [1.54, 1.807) is 12.1 Å². The van der Waals surface area contributed by atoms with E-state index < -0.39 is 23.7 Å². The second-order valence-corrected chi connectivity index (χ2v) is 11.8. The van der Waals surface area contributed by atoms with Gasteiger partial charge in [-0.05, 0) is 65.3 Å². The van der Waals surface area contributed by atoms with Crippen LogP contribution in [0, 0.1) is 18.2 Å². The number of imide groups is 1. The number of hydrogen-bond acceptors (Lipinski definition) is 5. The average Bonchev–Trinajstić information content (AvgIpc) is 3.31. The molecule has 226 valence electrons. The normalized spacial score (nSPS) is 18.4. The first kappa shape index (κ1) is 28.6. The Morgan fingerprint density at radius 2 is 1.60 bits per heavy atom. The van der Waals surface area contributed by atoms with Gasteiger partial charge in [-0.3, -0.25) is 29.5 Å². The van der Waals surface area contributed by atoms with Gasteiger partial charge in [0.2, 0.25) is 11.8 Å². The Morgan fingerprint density at radius 3 is 2.31 bits per heavy atom. The Hall–Kier alpha value is -5.14. The zero-order valence-electron chi connectivity index (χ0n) is 24.4. The summed E-state index contributed by atoms with van der Waals surface area (Å²) >= 11 is 0. The van der Waals surface area contributed by atoms with Crippen molar-refractivity contribution in [1.82, 2.24) is 10.2 Å². The number of piperidine rings is 1. The summed E-state index contributed by atoms with van der Waals surface area (Å²) in [5.41, 5.74) is 4.67. The number of carbonyl (C=O) groups excluding carboxylic acids is 3. The van der Waals surface area contributed by atoms with Crippen LogP contribution in [-0.2, 0) is 22.6 Å². The van der Waals surface area contributed by atoms with E-state index in [0.717, 1.165) is 36.3 Å². The molecule has 1 N–H and O–H groups in total. The fourth-order valence-corrected chi connectivity index (χ4v) is 6.70. The maximum atomic E-state index is 14.8. The molecule has 7 rings (SSSR count). The number of nitrogens with one attached hydrogen (secondary N) is 1. The molecular formula is C35H29F2N5O3. The van der Waals surface area contributed by atoms with E-state index in [9.17, 15) is 23.2 Å². The number of halogens is 2. The van der Waals surface area contributed by atoms with Gasteiger partial charge in [0.1, 0.15) is 17.7 Å². The van der Waals surface area contributed by atoms with Crippen molar-refractivity contribution >= 4 is 45.6 Å². The van der Waals surface area contributed by atoms with Gasteiger partial charge >= 0.3 is 0 Å². The molecule has 0 unspecified atom stereocenters. The van der Waals surface area contributed by atoms with Crippen molar-refractivity contribution in [1.29, 1.82) is 0 Å². The van der Waals surface area contributed by atoms with Gasteiger partial charge in [-0.15, -0.1) is 0 Å². The van der Waals surface area contributed by atoms with Gasteiger partial charge in [0.25, 0.3) is 5.91 Å². The molecule has 0 aliphatic carbocycles. The van der Waals surface area contributed by atoms with Crippen LogP contribution >= 0.6 is 0 Å². The minimum Gasteiger partial charge on any atom is -0.367 e. The van der Waals surface area contributed by atoms with E-state index in [2.05, 4.69) is 39.3 Å². The fraction of sp³-hybridized carbons (Fsp3) is 0.257. The predicted octanol–water partition coefficient (Wildman–Crippen LogP) is 5.35. The summed E-state index contributed by atoms with van der Waals surface area (Å²) in [7, 11) is 0. The van der Waals surface area contributed by atoms with Crippen LogP contribution in [0.4, 0.5) is 25.8 Å². The number of hydrogen-bond donors (Lipinski definition) is 1. The van der Waals surface area contributed by atoms with Crippen molar-refractivity contribution in [2.75, 3.05) is 36.0 Å². The van der Waals surface area contributed by atoms with Crippen LogP contribution in [-0.4, -0.2) is 54.8 Å². The van der Waals surface area contributed by atoms with E-state index in [1.807, 2.05) is 17.0 Å². The molecule has 0 saturated carbocycles. The maximum Gasteiger partial charge on any atom is 0.259 e. The molecule has 0 radical (unpaired) electrons. The Morgan fingerprint density at radius 1 is 0.867 bits per heavy atom. The Labute approximate surface area is 258 Å². The number of piperazine rings is 1. The highest BCUT2D eigenvalue weighted by Gasteiger charge is 2.41. The Bertz CT molecular complexity index is 1910. The largest absolute Gasteiger partial charge is 0.367 e. The monoisotopic (exact) mass is 605 g/mol. The van der Waals surface area contributed by atoms with Gasteiger partial charge in [-0.2, -0.15) is 0 Å². The SMILES string of the molecule is [C-]#[N+]c1ccc(N2CCN(Cc3ccc(Cc4ccc5c6c(cc(F)cc46)C(=O)N5[C@H]4CCC(=O)NC4=O)cc3)CC2)c(F)c1. The van der Waals surface area contributed by atoms with Crippen molar-refractivity contribution in [3.63, 3.8) is 0 Å². The third-order valence-electron chi connectivity index (χ3n) is 8.98. The first-order valence-electron chi connectivity index (χ1n) is 14.9. The second kappa shape index (κ2) is 11.4. The molecule has 3 aliphatic heterocycles. The predicted molar refractivity (Wildman–Crippen MR) is 166 cm³/mol. The molecule has 10 heteroatoms. The summed E-state index contributed by atoms with van der Waals surface area (Å²) in [5, 5.41) is 3.57. The molecule has 4 aromatic carbocycles. The Balaban J connectivity index is 1.05. The summed E-state index contributed by atoms with van der Waals surface area (Å²) in [6, 6.07) is 18.4. The molecule has 2 saturated heterocycles. The van der Waals surface area contributed by atoms with E-state index in [4.69, 9.17) is 6.57 Å². The van der Waals surface area contributed by atoms with Crippen LogP contribution in [0.2, 0.25) is 0 Å². The second-order valence-electron chi connectivity index (χ2n) is 11.8.